The number of pyridine rings is 1. The van der Waals surface area contributed by atoms with E-state index < -0.39 is 22.3 Å². The van der Waals surface area contributed by atoms with E-state index in [0.29, 0.717) is 12.5 Å². The molecule has 1 N–H and O–H groups in total. The van der Waals surface area contributed by atoms with E-state index in [1.54, 1.807) is 19.1 Å². The number of hydrogen-bond acceptors (Lipinski definition) is 5. The lowest BCUT2D eigenvalue weighted by molar-refractivity contribution is -0.0419. The van der Waals surface area contributed by atoms with Crippen LogP contribution in [0.5, 0.6) is 0 Å². The Hall–Kier alpha value is -2.53. The van der Waals surface area contributed by atoms with Crippen molar-refractivity contribution < 1.29 is 17.7 Å². The molecule has 0 aromatic carbocycles. The van der Waals surface area contributed by atoms with Gasteiger partial charge in [0.15, 0.2) is 6.61 Å². The first kappa shape index (κ1) is 21.5. The number of hydrogen-bond donors (Lipinski definition) is 1. The minimum atomic E-state index is -3.04. The van der Waals surface area contributed by atoms with Crippen molar-refractivity contribution in [3.8, 4) is 6.07 Å². The molecule has 0 saturated heterocycles. The Bertz CT molecular complexity index is 876. The molecule has 26 heavy (non-hydrogen) atoms. The Morgan fingerprint density at radius 2 is 2.19 bits per heavy atom. The Labute approximate surface area is 152 Å². The van der Waals surface area contributed by atoms with E-state index in [1.165, 1.54) is 25.3 Å². The van der Waals surface area contributed by atoms with E-state index >= 15 is 0 Å². The van der Waals surface area contributed by atoms with Crippen molar-refractivity contribution in [1.29, 1.82) is 10.0 Å². The lowest BCUT2D eigenvalue weighted by atomic mass is 10.1. The third-order valence-corrected chi connectivity index (χ3v) is 5.14. The number of nitriles is 1. The predicted molar refractivity (Wildman–Crippen MR) is 97.0 cm³/mol. The molecule has 0 amide bonds. The maximum atomic E-state index is 13.0. The zero-order valence-corrected chi connectivity index (χ0v) is 15.7. The van der Waals surface area contributed by atoms with Gasteiger partial charge in [0.25, 0.3) is 5.92 Å². The van der Waals surface area contributed by atoms with E-state index in [0.717, 1.165) is 0 Å². The van der Waals surface area contributed by atoms with Crippen molar-refractivity contribution in [1.82, 2.24) is 4.98 Å². The summed E-state index contributed by atoms with van der Waals surface area (Å²) in [6.07, 6.45) is 4.25. The molecule has 5 nitrogen and oxygen atoms in total. The fourth-order valence-electron chi connectivity index (χ4n) is 1.85. The van der Waals surface area contributed by atoms with Crippen LogP contribution in [0.2, 0.25) is 0 Å². The van der Waals surface area contributed by atoms with Crippen LogP contribution in [0.3, 0.4) is 0 Å². The molecule has 8 heteroatoms. The van der Waals surface area contributed by atoms with Crippen LogP contribution < -0.4 is 0 Å². The largest absolute Gasteiger partial charge is 0.486 e. The van der Waals surface area contributed by atoms with Gasteiger partial charge >= 0.3 is 0 Å². The molecule has 1 aromatic heterocycles. The summed E-state index contributed by atoms with van der Waals surface area (Å²) in [7, 11) is -3.02. The minimum absolute atomic E-state index is 0.0187. The van der Waals surface area contributed by atoms with Crippen LogP contribution in [0.4, 0.5) is 8.78 Å². The van der Waals surface area contributed by atoms with Crippen LogP contribution in [-0.2, 0) is 14.5 Å². The molecule has 1 unspecified atom stereocenters. The number of halogens is 2. The molecular weight excluding hydrogens is 360 g/mol. The maximum Gasteiger partial charge on any atom is 0.278 e. The second kappa shape index (κ2) is 8.72. The van der Waals surface area contributed by atoms with E-state index in [1.807, 2.05) is 6.07 Å². The molecule has 0 aliphatic heterocycles. The van der Waals surface area contributed by atoms with Gasteiger partial charge in [-0.25, -0.2) is 17.8 Å². The average molecular weight is 381 g/mol. The number of rotatable bonds is 8. The molecule has 0 spiro atoms. The highest BCUT2D eigenvalue weighted by molar-refractivity contribution is 7.92. The summed E-state index contributed by atoms with van der Waals surface area (Å²) in [5, 5.41) is 8.99. The monoisotopic (exact) mass is 381 g/mol. The van der Waals surface area contributed by atoms with Gasteiger partial charge in [-0.3, -0.25) is 4.98 Å². The molecule has 1 atom stereocenters. The minimum Gasteiger partial charge on any atom is -0.486 e. The van der Waals surface area contributed by atoms with Crippen molar-refractivity contribution in [3.63, 3.8) is 0 Å². The summed E-state index contributed by atoms with van der Waals surface area (Å²) >= 11 is 0. The smallest absolute Gasteiger partial charge is 0.278 e. The summed E-state index contributed by atoms with van der Waals surface area (Å²) in [5.74, 6) is -2.94. The first-order valence-corrected chi connectivity index (χ1v) is 9.45. The Morgan fingerprint density at radius 1 is 1.54 bits per heavy atom. The number of ether oxygens (including phenoxy) is 1. The first-order chi connectivity index (χ1) is 12.0. The molecule has 1 rings (SSSR count). The highest BCUT2D eigenvalue weighted by Gasteiger charge is 2.22. The van der Waals surface area contributed by atoms with Gasteiger partial charge in [-0.05, 0) is 36.8 Å². The van der Waals surface area contributed by atoms with E-state index in [4.69, 9.17) is 14.8 Å². The number of nitrogens with one attached hydrogen (secondary N) is 1. The van der Waals surface area contributed by atoms with Crippen LogP contribution in [0, 0.1) is 16.1 Å². The Morgan fingerprint density at radius 3 is 2.73 bits per heavy atom. The van der Waals surface area contributed by atoms with Gasteiger partial charge in [0.2, 0.25) is 0 Å². The van der Waals surface area contributed by atoms with Gasteiger partial charge < -0.3 is 4.74 Å². The molecule has 0 aliphatic carbocycles. The van der Waals surface area contributed by atoms with Crippen LogP contribution in [-0.4, -0.2) is 27.5 Å². The normalized spacial score (nSPS) is 15.1. The van der Waals surface area contributed by atoms with Crippen LogP contribution in [0.1, 0.15) is 26.5 Å². The summed E-state index contributed by atoms with van der Waals surface area (Å²) in [4.78, 5) is 4.38. The molecule has 1 aromatic rings. The van der Waals surface area contributed by atoms with Crippen molar-refractivity contribution in [2.45, 2.75) is 31.6 Å². The Balaban J connectivity index is 3.18. The van der Waals surface area contributed by atoms with Crippen molar-refractivity contribution in [2.24, 2.45) is 0 Å². The molecule has 0 bridgehead atoms. The van der Waals surface area contributed by atoms with Crippen molar-refractivity contribution in [2.75, 3.05) is 12.4 Å². The highest BCUT2D eigenvalue weighted by Crippen LogP contribution is 2.24. The molecule has 140 valence electrons. The fourth-order valence-corrected chi connectivity index (χ4v) is 2.95. The lowest BCUT2D eigenvalue weighted by Crippen LogP contribution is -2.18. The van der Waals surface area contributed by atoms with Gasteiger partial charge in [-0.15, -0.1) is 0 Å². The number of nitrogens with zero attached hydrogens (tertiary/aromatic N) is 2. The predicted octanol–water partition coefficient (Wildman–Crippen LogP) is 4.55. The summed E-state index contributed by atoms with van der Waals surface area (Å²) in [5.41, 5.74) is 0.724. The molecule has 1 heterocycles. The van der Waals surface area contributed by atoms with E-state index in [9.17, 15) is 13.0 Å². The Kier molecular flexibility index (Phi) is 7.21. The topological polar surface area (TPSA) is 86.8 Å². The zero-order chi connectivity index (χ0) is 20.0. The molecule has 0 fully saturated rings. The summed E-state index contributed by atoms with van der Waals surface area (Å²) in [6, 6.07) is 4.97. The molecule has 0 radical (unpaired) electrons. The van der Waals surface area contributed by atoms with Gasteiger partial charge in [0, 0.05) is 18.9 Å². The fraction of sp³-hybridized carbons (Fsp3) is 0.333. The van der Waals surface area contributed by atoms with Gasteiger partial charge in [-0.2, -0.15) is 5.26 Å². The number of allylic oxidation sites excluding steroid dienone is 4. The SMILES string of the molecule is C=C(/C=C\C(OCC(C)(F)F)=C(/C)C#N)c1ncccc1S(=N)(=O)CC. The quantitative estimate of drug-likeness (QED) is 0.407. The third kappa shape index (κ3) is 6.08. The van der Waals surface area contributed by atoms with Gasteiger partial charge in [0.1, 0.15) is 5.76 Å². The van der Waals surface area contributed by atoms with Crippen LogP contribution in [0.25, 0.3) is 5.57 Å². The number of alkyl halides is 2. The highest BCUT2D eigenvalue weighted by atomic mass is 32.2. The van der Waals surface area contributed by atoms with Crippen molar-refractivity contribution in [3.05, 3.63) is 54.1 Å². The van der Waals surface area contributed by atoms with Gasteiger partial charge in [-0.1, -0.05) is 13.5 Å². The van der Waals surface area contributed by atoms with E-state index in [2.05, 4.69) is 11.6 Å². The molecule has 0 saturated carbocycles. The first-order valence-electron chi connectivity index (χ1n) is 7.72. The molecule has 0 aliphatic rings. The second-order valence-electron chi connectivity index (χ2n) is 5.63. The van der Waals surface area contributed by atoms with Crippen molar-refractivity contribution >= 4 is 15.3 Å². The zero-order valence-electron chi connectivity index (χ0n) is 14.9. The maximum absolute atomic E-state index is 13.0. The summed E-state index contributed by atoms with van der Waals surface area (Å²) in [6.45, 7) is 6.75. The van der Waals surface area contributed by atoms with Gasteiger partial charge in [0.05, 0.1) is 32.0 Å². The lowest BCUT2D eigenvalue weighted by Gasteiger charge is -2.13. The number of aromatic nitrogens is 1. The third-order valence-electron chi connectivity index (χ3n) is 3.29. The second-order valence-corrected chi connectivity index (χ2v) is 8.00. The van der Waals surface area contributed by atoms with E-state index in [-0.39, 0.29) is 27.7 Å². The average Bonchev–Trinajstić information content (AvgIpc) is 2.60. The molecular formula is C18H21F2N3O2S. The standard InChI is InChI=1S/C18H21F2N3O2S/c1-5-26(22,24)16-7-6-10-23-17(16)13(2)8-9-15(14(3)11-21)25-12-18(4,19)20/h6-10,22H,2,5,12H2,1,3-4H3/b9-8-,15-14-. The van der Waals surface area contributed by atoms with Crippen LogP contribution in [0.15, 0.2) is 53.3 Å². The van der Waals surface area contributed by atoms with Crippen LogP contribution >= 0.6 is 0 Å². The summed E-state index contributed by atoms with van der Waals surface area (Å²) < 4.78 is 51.4.